The standard InChI is InChI=1S/C25H25F2N3O4S/c1-25(13-26,14-27)23-12-19(30-34-23)16-5-4-6-17(9-16)35-24-18-10-21(32-3)22(33-8-7-31-2)11-20(18)28-15-29-24/h4-6,9-12,15H,7-8,13-14H2,1-3H3. The molecule has 35 heavy (non-hydrogen) atoms. The van der Waals surface area contributed by atoms with Gasteiger partial charge in [-0.05, 0) is 25.1 Å². The highest BCUT2D eigenvalue weighted by atomic mass is 32.2. The SMILES string of the molecule is COCCOc1cc2ncnc(Sc3cccc(-c4cc(C(C)(CF)CF)on4)c3)c2cc1OC. The van der Waals surface area contributed by atoms with E-state index in [4.69, 9.17) is 18.7 Å². The van der Waals surface area contributed by atoms with Crippen LogP contribution in [-0.2, 0) is 10.2 Å². The summed E-state index contributed by atoms with van der Waals surface area (Å²) in [6.45, 7) is 0.550. The molecule has 7 nitrogen and oxygen atoms in total. The Morgan fingerprint density at radius 2 is 1.83 bits per heavy atom. The van der Waals surface area contributed by atoms with Crippen LogP contribution < -0.4 is 9.47 Å². The first-order chi connectivity index (χ1) is 17.0. The monoisotopic (exact) mass is 501 g/mol. The average molecular weight is 502 g/mol. The van der Waals surface area contributed by atoms with Crippen LogP contribution in [0.2, 0.25) is 0 Å². The summed E-state index contributed by atoms with van der Waals surface area (Å²) in [4.78, 5) is 9.74. The lowest BCUT2D eigenvalue weighted by molar-refractivity contribution is 0.144. The molecule has 0 fully saturated rings. The molecule has 2 aromatic heterocycles. The minimum absolute atomic E-state index is 0.174. The highest BCUT2D eigenvalue weighted by molar-refractivity contribution is 7.99. The first-order valence-corrected chi connectivity index (χ1v) is 11.6. The number of ether oxygens (including phenoxy) is 3. The molecule has 0 N–H and O–H groups in total. The summed E-state index contributed by atoms with van der Waals surface area (Å²) < 4.78 is 48.3. The topological polar surface area (TPSA) is 79.5 Å². The molecule has 0 saturated carbocycles. The first kappa shape index (κ1) is 24.9. The first-order valence-electron chi connectivity index (χ1n) is 10.8. The normalized spacial score (nSPS) is 11.7. The summed E-state index contributed by atoms with van der Waals surface area (Å²) in [7, 11) is 3.19. The van der Waals surface area contributed by atoms with Crippen molar-refractivity contribution in [3.05, 3.63) is 54.6 Å². The molecule has 0 radical (unpaired) electrons. The molecule has 0 aliphatic rings. The maximum atomic E-state index is 13.4. The number of hydrogen-bond acceptors (Lipinski definition) is 8. The molecular weight excluding hydrogens is 476 g/mol. The van der Waals surface area contributed by atoms with Gasteiger partial charge in [0, 0.05) is 35.1 Å². The number of aromatic nitrogens is 3. The summed E-state index contributed by atoms with van der Waals surface area (Å²) in [5.41, 5.74) is 0.630. The van der Waals surface area contributed by atoms with Gasteiger partial charge >= 0.3 is 0 Å². The molecule has 2 aromatic carbocycles. The molecule has 0 aliphatic carbocycles. The number of rotatable bonds is 11. The molecule has 4 rings (SSSR count). The van der Waals surface area contributed by atoms with Crippen molar-refractivity contribution in [3.63, 3.8) is 0 Å². The minimum atomic E-state index is -1.34. The van der Waals surface area contributed by atoms with Crippen LogP contribution in [0.1, 0.15) is 12.7 Å². The lowest BCUT2D eigenvalue weighted by Gasteiger charge is -2.17. The number of halogens is 2. The van der Waals surface area contributed by atoms with Crippen molar-refractivity contribution in [1.29, 1.82) is 0 Å². The number of nitrogens with zero attached hydrogens (tertiary/aromatic N) is 3. The van der Waals surface area contributed by atoms with E-state index in [1.165, 1.54) is 25.0 Å². The highest BCUT2D eigenvalue weighted by Crippen LogP contribution is 2.38. The maximum Gasteiger partial charge on any atom is 0.163 e. The van der Waals surface area contributed by atoms with Gasteiger partial charge in [-0.3, -0.25) is 0 Å². The Morgan fingerprint density at radius 1 is 1.00 bits per heavy atom. The second-order valence-corrected chi connectivity index (χ2v) is 9.14. The summed E-state index contributed by atoms with van der Waals surface area (Å²) >= 11 is 1.45. The Labute approximate surface area is 205 Å². The van der Waals surface area contributed by atoms with Crippen molar-refractivity contribution in [2.24, 2.45) is 0 Å². The highest BCUT2D eigenvalue weighted by Gasteiger charge is 2.32. The number of alkyl halides is 2. The van der Waals surface area contributed by atoms with Gasteiger partial charge in [0.1, 0.15) is 42.8 Å². The molecule has 0 atom stereocenters. The van der Waals surface area contributed by atoms with Crippen molar-refractivity contribution in [3.8, 4) is 22.8 Å². The Bertz CT molecular complexity index is 1300. The number of fused-ring (bicyclic) bond motifs is 1. The van der Waals surface area contributed by atoms with Crippen molar-refractivity contribution in [2.45, 2.75) is 22.3 Å². The van der Waals surface area contributed by atoms with Crippen LogP contribution in [0.3, 0.4) is 0 Å². The van der Waals surface area contributed by atoms with Gasteiger partial charge < -0.3 is 18.7 Å². The molecule has 0 spiro atoms. The summed E-state index contributed by atoms with van der Waals surface area (Å²) in [6.07, 6.45) is 1.50. The second kappa shape index (κ2) is 11.0. The van der Waals surface area contributed by atoms with Gasteiger partial charge in [-0.2, -0.15) is 0 Å². The predicted molar refractivity (Wildman–Crippen MR) is 129 cm³/mol. The van der Waals surface area contributed by atoms with Crippen molar-refractivity contribution >= 4 is 22.7 Å². The molecule has 10 heteroatoms. The zero-order valence-corrected chi connectivity index (χ0v) is 20.4. The Hall–Kier alpha value is -3.24. The number of hydrogen-bond donors (Lipinski definition) is 0. The largest absolute Gasteiger partial charge is 0.493 e. The van der Waals surface area contributed by atoms with Crippen LogP contribution in [0.15, 0.2) is 63.2 Å². The summed E-state index contributed by atoms with van der Waals surface area (Å²) in [5.74, 6) is 1.31. The van der Waals surface area contributed by atoms with E-state index < -0.39 is 18.8 Å². The van der Waals surface area contributed by atoms with Crippen LogP contribution in [-0.4, -0.2) is 55.9 Å². The van der Waals surface area contributed by atoms with Gasteiger partial charge in [0.2, 0.25) is 0 Å². The van der Waals surface area contributed by atoms with Crippen LogP contribution in [0.4, 0.5) is 8.78 Å². The maximum absolute atomic E-state index is 13.4. The molecule has 2 heterocycles. The number of methoxy groups -OCH3 is 2. The van der Waals surface area contributed by atoms with E-state index in [1.54, 1.807) is 20.3 Å². The third kappa shape index (κ3) is 5.38. The zero-order valence-electron chi connectivity index (χ0n) is 19.6. The molecule has 0 unspecified atom stereocenters. The van der Waals surface area contributed by atoms with Gasteiger partial charge in [-0.1, -0.05) is 29.1 Å². The molecule has 184 valence electrons. The quantitative estimate of drug-likeness (QED) is 0.192. The fourth-order valence-electron chi connectivity index (χ4n) is 3.32. The van der Waals surface area contributed by atoms with E-state index in [0.717, 1.165) is 20.9 Å². The van der Waals surface area contributed by atoms with Crippen molar-refractivity contribution in [1.82, 2.24) is 15.1 Å². The Balaban J connectivity index is 1.62. The fourth-order valence-corrected chi connectivity index (χ4v) is 4.25. The third-order valence-electron chi connectivity index (χ3n) is 5.47. The van der Waals surface area contributed by atoms with Gasteiger partial charge in [0.25, 0.3) is 0 Å². The van der Waals surface area contributed by atoms with E-state index in [-0.39, 0.29) is 5.76 Å². The minimum Gasteiger partial charge on any atom is -0.493 e. The summed E-state index contributed by atoms with van der Waals surface area (Å²) in [6, 6.07) is 12.8. The smallest absolute Gasteiger partial charge is 0.163 e. The van der Waals surface area contributed by atoms with Crippen LogP contribution in [0, 0.1) is 0 Å². The van der Waals surface area contributed by atoms with Gasteiger partial charge in [-0.25, -0.2) is 18.7 Å². The molecule has 0 amide bonds. The van der Waals surface area contributed by atoms with Crippen LogP contribution in [0.25, 0.3) is 22.2 Å². The van der Waals surface area contributed by atoms with E-state index in [0.29, 0.717) is 35.9 Å². The Morgan fingerprint density at radius 3 is 2.57 bits per heavy atom. The second-order valence-electron chi connectivity index (χ2n) is 8.07. The third-order valence-corrected chi connectivity index (χ3v) is 6.48. The molecule has 0 saturated heterocycles. The molecular formula is C25H25F2N3O4S. The van der Waals surface area contributed by atoms with E-state index in [9.17, 15) is 8.78 Å². The molecule has 0 bridgehead atoms. The zero-order chi connectivity index (χ0) is 24.8. The van der Waals surface area contributed by atoms with Crippen molar-refractivity contribution in [2.75, 3.05) is 40.8 Å². The predicted octanol–water partition coefficient (Wildman–Crippen LogP) is 5.67. The van der Waals surface area contributed by atoms with E-state index in [1.807, 2.05) is 36.4 Å². The van der Waals surface area contributed by atoms with E-state index >= 15 is 0 Å². The number of benzene rings is 2. The van der Waals surface area contributed by atoms with Gasteiger partial charge in [-0.15, -0.1) is 0 Å². The average Bonchev–Trinajstić information content (AvgIpc) is 3.39. The Kier molecular flexibility index (Phi) is 7.82. The van der Waals surface area contributed by atoms with E-state index in [2.05, 4.69) is 15.1 Å². The molecule has 0 aliphatic heterocycles. The van der Waals surface area contributed by atoms with Crippen LogP contribution in [0.5, 0.6) is 11.5 Å². The fraction of sp³-hybridized carbons (Fsp3) is 0.320. The summed E-state index contributed by atoms with van der Waals surface area (Å²) in [5, 5.41) is 5.57. The lowest BCUT2D eigenvalue weighted by atomic mass is 9.90. The molecule has 4 aromatic rings. The van der Waals surface area contributed by atoms with Crippen LogP contribution >= 0.6 is 11.8 Å². The van der Waals surface area contributed by atoms with Crippen molar-refractivity contribution < 1.29 is 27.5 Å². The van der Waals surface area contributed by atoms with Gasteiger partial charge in [0.15, 0.2) is 11.5 Å². The van der Waals surface area contributed by atoms with Gasteiger partial charge in [0.05, 0.1) is 24.6 Å². The lowest BCUT2D eigenvalue weighted by Crippen LogP contribution is -2.26.